The third-order valence-electron chi connectivity index (χ3n) is 10.0. The Morgan fingerprint density at radius 3 is 2.67 bits per heavy atom. The number of hydrogen-bond acceptors (Lipinski definition) is 4. The fourth-order valence-corrected chi connectivity index (χ4v) is 9.91. The van der Waals surface area contributed by atoms with Gasteiger partial charge >= 0.3 is 5.97 Å². The maximum Gasteiger partial charge on any atom is 0.302 e. The summed E-state index contributed by atoms with van der Waals surface area (Å²) in [4.78, 5) is 12.9. The zero-order valence-electron chi connectivity index (χ0n) is 20.5. The van der Waals surface area contributed by atoms with Crippen LogP contribution in [0.1, 0.15) is 72.1 Å². The van der Waals surface area contributed by atoms with E-state index < -0.39 is 0 Å². The average molecular weight is 469 g/mol. The lowest BCUT2D eigenvalue weighted by Crippen LogP contribution is -2.53. The number of carbonyl (C=O) groups excluding carboxylic acids is 1. The van der Waals surface area contributed by atoms with Crippen LogP contribution in [0.4, 0.5) is 0 Å². The van der Waals surface area contributed by atoms with E-state index in [0.29, 0.717) is 11.8 Å². The number of allylic oxidation sites excluding steroid dienone is 1. The number of esters is 1. The number of aliphatic hydroxyl groups is 1. The Kier molecular flexibility index (Phi) is 6.46. The summed E-state index contributed by atoms with van der Waals surface area (Å²) in [7, 11) is 0. The fraction of sp³-hybridized carbons (Fsp3) is 0.690. The lowest BCUT2D eigenvalue weighted by Gasteiger charge is -2.59. The van der Waals surface area contributed by atoms with Gasteiger partial charge in [-0.25, -0.2) is 0 Å². The third-order valence-corrected chi connectivity index (χ3v) is 11.3. The normalized spacial score (nSPS) is 40.7. The second-order valence-electron chi connectivity index (χ2n) is 11.5. The van der Waals surface area contributed by atoms with E-state index >= 15 is 0 Å². The quantitative estimate of drug-likeness (QED) is 0.298. The maximum absolute atomic E-state index is 11.5. The molecule has 0 saturated heterocycles. The maximum atomic E-state index is 11.5. The monoisotopic (exact) mass is 468 g/mol. The van der Waals surface area contributed by atoms with E-state index in [0.717, 1.165) is 43.3 Å². The van der Waals surface area contributed by atoms with Crippen LogP contribution in [0.2, 0.25) is 0 Å². The largest absolute Gasteiger partial charge is 0.462 e. The molecule has 0 aromatic heterocycles. The van der Waals surface area contributed by atoms with Crippen molar-refractivity contribution >= 4 is 17.7 Å². The molecule has 8 atom stereocenters. The molecule has 180 valence electrons. The van der Waals surface area contributed by atoms with E-state index in [9.17, 15) is 9.90 Å². The molecule has 0 aliphatic heterocycles. The number of carbonyl (C=O) groups is 1. The summed E-state index contributed by atoms with van der Waals surface area (Å²) >= 11 is 2.01. The van der Waals surface area contributed by atoms with Gasteiger partial charge in [0.05, 0.1) is 6.10 Å². The molecule has 4 aliphatic carbocycles. The first-order valence-corrected chi connectivity index (χ1v) is 14.0. The van der Waals surface area contributed by atoms with Crippen LogP contribution in [0.25, 0.3) is 0 Å². The number of thioether (sulfide) groups is 1. The molecule has 0 bridgehead atoms. The van der Waals surface area contributed by atoms with Crippen LogP contribution in [0.3, 0.4) is 0 Å². The van der Waals surface area contributed by atoms with Gasteiger partial charge in [-0.1, -0.05) is 36.8 Å². The SMILES string of the molecule is CC(=O)OC1CC[C@@]2(C)C(=CC[C@H]3[C@@H]4CC[C@H]([C@@H](C)O)[C@@]4(CSc4ccccc4)CC[C@@H]32)C1. The highest BCUT2D eigenvalue weighted by molar-refractivity contribution is 7.99. The molecule has 5 rings (SSSR count). The van der Waals surface area contributed by atoms with E-state index in [-0.39, 0.29) is 29.0 Å². The number of fused-ring (bicyclic) bond motifs is 5. The van der Waals surface area contributed by atoms with Gasteiger partial charge in [0.15, 0.2) is 0 Å². The topological polar surface area (TPSA) is 46.5 Å². The molecule has 3 saturated carbocycles. The molecule has 1 unspecified atom stereocenters. The van der Waals surface area contributed by atoms with Crippen LogP contribution in [0.5, 0.6) is 0 Å². The summed E-state index contributed by atoms with van der Waals surface area (Å²) in [6, 6.07) is 10.8. The number of hydrogen-bond donors (Lipinski definition) is 1. The molecular formula is C29H40O3S. The smallest absolute Gasteiger partial charge is 0.302 e. The van der Waals surface area contributed by atoms with E-state index in [1.807, 2.05) is 18.7 Å². The van der Waals surface area contributed by atoms with Crippen molar-refractivity contribution in [3.63, 3.8) is 0 Å². The van der Waals surface area contributed by atoms with Crippen molar-refractivity contribution in [2.24, 2.45) is 34.5 Å². The van der Waals surface area contributed by atoms with E-state index in [1.165, 1.54) is 37.5 Å². The zero-order valence-corrected chi connectivity index (χ0v) is 21.3. The molecule has 1 aromatic rings. The van der Waals surface area contributed by atoms with E-state index in [4.69, 9.17) is 4.74 Å². The minimum Gasteiger partial charge on any atom is -0.462 e. The van der Waals surface area contributed by atoms with E-state index in [2.05, 4.69) is 43.3 Å². The number of benzene rings is 1. The molecule has 3 fully saturated rings. The summed E-state index contributed by atoms with van der Waals surface area (Å²) < 4.78 is 5.61. The van der Waals surface area contributed by atoms with Crippen LogP contribution in [0, 0.1) is 34.5 Å². The molecule has 3 nitrogen and oxygen atoms in total. The van der Waals surface area contributed by atoms with Gasteiger partial charge in [0, 0.05) is 24.0 Å². The highest BCUT2D eigenvalue weighted by atomic mass is 32.2. The van der Waals surface area contributed by atoms with Gasteiger partial charge in [0.1, 0.15) is 6.10 Å². The van der Waals surface area contributed by atoms with Crippen molar-refractivity contribution in [2.75, 3.05) is 5.75 Å². The van der Waals surface area contributed by atoms with Crippen LogP contribution >= 0.6 is 11.8 Å². The fourth-order valence-electron chi connectivity index (χ4n) is 8.56. The summed E-state index contributed by atoms with van der Waals surface area (Å²) in [6.45, 7) is 6.07. The minimum absolute atomic E-state index is 0.0643. The van der Waals surface area contributed by atoms with Gasteiger partial charge in [0.2, 0.25) is 0 Å². The van der Waals surface area contributed by atoms with Crippen LogP contribution < -0.4 is 0 Å². The highest BCUT2D eigenvalue weighted by Gasteiger charge is 2.61. The Morgan fingerprint density at radius 2 is 1.94 bits per heavy atom. The predicted molar refractivity (Wildman–Crippen MR) is 134 cm³/mol. The molecule has 0 heterocycles. The Morgan fingerprint density at radius 1 is 1.15 bits per heavy atom. The van der Waals surface area contributed by atoms with Crippen LogP contribution in [-0.4, -0.2) is 29.0 Å². The van der Waals surface area contributed by atoms with Crippen molar-refractivity contribution in [1.82, 2.24) is 0 Å². The first kappa shape index (κ1) is 23.5. The van der Waals surface area contributed by atoms with Gasteiger partial charge in [-0.05, 0) is 98.5 Å². The lowest BCUT2D eigenvalue weighted by atomic mass is 9.47. The zero-order chi connectivity index (χ0) is 23.2. The first-order chi connectivity index (χ1) is 15.8. The van der Waals surface area contributed by atoms with Gasteiger partial charge < -0.3 is 9.84 Å². The Labute approximate surface area is 203 Å². The molecule has 0 amide bonds. The highest BCUT2D eigenvalue weighted by Crippen LogP contribution is 2.67. The second-order valence-corrected chi connectivity index (χ2v) is 12.6. The Balaban J connectivity index is 1.40. The van der Waals surface area contributed by atoms with Crippen molar-refractivity contribution in [2.45, 2.75) is 89.2 Å². The molecule has 33 heavy (non-hydrogen) atoms. The molecule has 0 spiro atoms. The van der Waals surface area contributed by atoms with Crippen molar-refractivity contribution in [1.29, 1.82) is 0 Å². The third kappa shape index (κ3) is 4.10. The molecular weight excluding hydrogens is 428 g/mol. The van der Waals surface area contributed by atoms with Crippen molar-refractivity contribution in [3.05, 3.63) is 42.0 Å². The Hall–Kier alpha value is -1.26. The van der Waals surface area contributed by atoms with Crippen LogP contribution in [0.15, 0.2) is 46.9 Å². The van der Waals surface area contributed by atoms with Crippen molar-refractivity contribution < 1.29 is 14.6 Å². The molecule has 1 N–H and O–H groups in total. The number of rotatable bonds is 5. The van der Waals surface area contributed by atoms with Gasteiger partial charge in [0.25, 0.3) is 0 Å². The summed E-state index contributed by atoms with van der Waals surface area (Å²) in [6.07, 6.45) is 11.5. The average Bonchev–Trinajstić information content (AvgIpc) is 3.18. The first-order valence-electron chi connectivity index (χ1n) is 13.1. The molecule has 4 aliphatic rings. The molecule has 0 radical (unpaired) electrons. The standard InChI is InChI=1S/C29H40O3S/c1-19(30)25-11-12-27-24-10-9-21-17-22(32-20(2)31)13-15-28(21,3)26(24)14-16-29(25,27)18-33-23-7-5-4-6-8-23/h4-9,19,22,24-27,30H,10-18H2,1-3H3/t19-,22?,24-,25-,26+,27+,28+,29+/m1/s1. The van der Waals surface area contributed by atoms with Crippen molar-refractivity contribution in [3.8, 4) is 0 Å². The summed E-state index contributed by atoms with van der Waals surface area (Å²) in [5, 5.41) is 10.8. The Bertz CT molecular complexity index is 895. The lowest BCUT2D eigenvalue weighted by molar-refractivity contribution is -0.148. The molecule has 4 heteroatoms. The van der Waals surface area contributed by atoms with Gasteiger partial charge in [-0.15, -0.1) is 11.8 Å². The van der Waals surface area contributed by atoms with E-state index in [1.54, 1.807) is 5.57 Å². The molecule has 1 aromatic carbocycles. The van der Waals surface area contributed by atoms with Gasteiger partial charge in [-0.2, -0.15) is 0 Å². The number of aliphatic hydroxyl groups excluding tert-OH is 1. The van der Waals surface area contributed by atoms with Gasteiger partial charge in [-0.3, -0.25) is 4.79 Å². The van der Waals surface area contributed by atoms with Crippen LogP contribution in [-0.2, 0) is 9.53 Å². The summed E-state index contributed by atoms with van der Waals surface area (Å²) in [5.74, 6) is 3.54. The minimum atomic E-state index is -0.229. The summed E-state index contributed by atoms with van der Waals surface area (Å²) in [5.41, 5.74) is 2.05. The second kappa shape index (κ2) is 9.07. The predicted octanol–water partition coefficient (Wildman–Crippen LogP) is 6.65. The number of ether oxygens (including phenoxy) is 1.